The molecular weight excluding hydrogens is 311 g/mol. The van der Waals surface area contributed by atoms with E-state index in [1.165, 1.54) is 19.1 Å². The minimum atomic E-state index is -4.57. The zero-order chi connectivity index (χ0) is 17.2. The second kappa shape index (κ2) is 6.23. The van der Waals surface area contributed by atoms with E-state index in [0.717, 1.165) is 6.07 Å². The molecule has 1 aromatic heterocycles. The first-order valence-corrected chi connectivity index (χ1v) is 6.66. The van der Waals surface area contributed by atoms with E-state index in [1.54, 1.807) is 13.0 Å². The van der Waals surface area contributed by atoms with Gasteiger partial charge in [-0.2, -0.15) is 13.2 Å². The number of aromatic hydroxyl groups is 1. The minimum absolute atomic E-state index is 0.0381. The van der Waals surface area contributed by atoms with E-state index >= 15 is 0 Å². The van der Waals surface area contributed by atoms with Crippen LogP contribution in [-0.2, 0) is 12.7 Å². The number of nitrogens with zero attached hydrogens (tertiary/aromatic N) is 2. The summed E-state index contributed by atoms with van der Waals surface area (Å²) < 4.78 is 38.1. The van der Waals surface area contributed by atoms with Gasteiger partial charge in [0.25, 0.3) is 5.91 Å². The van der Waals surface area contributed by atoms with Crippen molar-refractivity contribution < 1.29 is 23.1 Å². The maximum Gasteiger partial charge on any atom is 0.433 e. The van der Waals surface area contributed by atoms with E-state index in [9.17, 15) is 23.1 Å². The number of nitrogens with one attached hydrogen (secondary N) is 1. The van der Waals surface area contributed by atoms with Crippen molar-refractivity contribution in [2.45, 2.75) is 26.6 Å². The highest BCUT2D eigenvalue weighted by atomic mass is 19.4. The molecule has 0 atom stereocenters. The monoisotopic (exact) mass is 325 g/mol. The molecule has 0 aliphatic rings. The predicted octanol–water partition coefficient (Wildman–Crippen LogP) is 2.75. The second-order valence-electron chi connectivity index (χ2n) is 4.99. The number of amides is 1. The molecule has 5 nitrogen and oxygen atoms in total. The number of hydrogen-bond donors (Lipinski definition) is 2. The molecule has 1 amide bonds. The molecule has 0 unspecified atom stereocenters. The lowest BCUT2D eigenvalue weighted by Crippen LogP contribution is -2.25. The molecule has 0 fully saturated rings. The summed E-state index contributed by atoms with van der Waals surface area (Å²) in [5, 5.41) is 12.0. The summed E-state index contributed by atoms with van der Waals surface area (Å²) >= 11 is 0. The van der Waals surface area contributed by atoms with E-state index in [2.05, 4.69) is 15.3 Å². The van der Waals surface area contributed by atoms with Gasteiger partial charge in [0, 0.05) is 11.3 Å². The molecule has 122 valence electrons. The lowest BCUT2D eigenvalue weighted by Gasteiger charge is -2.10. The quantitative estimate of drug-likeness (QED) is 0.910. The molecule has 0 spiro atoms. The van der Waals surface area contributed by atoms with Gasteiger partial charge in [-0.3, -0.25) is 4.79 Å². The van der Waals surface area contributed by atoms with E-state index < -0.39 is 17.8 Å². The predicted molar refractivity (Wildman–Crippen MR) is 75.8 cm³/mol. The Kier molecular flexibility index (Phi) is 4.53. The molecule has 23 heavy (non-hydrogen) atoms. The molecule has 0 radical (unpaired) electrons. The van der Waals surface area contributed by atoms with E-state index in [1.807, 2.05) is 0 Å². The molecular formula is C15H14F3N3O2. The Bertz CT molecular complexity index is 745. The highest BCUT2D eigenvalue weighted by Crippen LogP contribution is 2.27. The lowest BCUT2D eigenvalue weighted by atomic mass is 10.1. The fourth-order valence-corrected chi connectivity index (χ4v) is 1.87. The van der Waals surface area contributed by atoms with Crippen molar-refractivity contribution in [3.63, 3.8) is 0 Å². The SMILES string of the molecule is Cc1cc(C(F)(F)F)nc(CNC(=O)c2ccc(C)c(O)c2)n1. The first-order valence-electron chi connectivity index (χ1n) is 6.66. The van der Waals surface area contributed by atoms with Crippen LogP contribution in [0.15, 0.2) is 24.3 Å². The maximum absolute atomic E-state index is 12.7. The molecule has 0 bridgehead atoms. The molecule has 8 heteroatoms. The van der Waals surface area contributed by atoms with Gasteiger partial charge < -0.3 is 10.4 Å². The van der Waals surface area contributed by atoms with E-state index in [4.69, 9.17) is 0 Å². The van der Waals surface area contributed by atoms with Crippen LogP contribution in [0.2, 0.25) is 0 Å². The maximum atomic E-state index is 12.7. The topological polar surface area (TPSA) is 75.1 Å². The molecule has 1 aromatic carbocycles. The van der Waals surface area contributed by atoms with Gasteiger partial charge in [-0.05, 0) is 37.6 Å². The van der Waals surface area contributed by atoms with E-state index in [-0.39, 0.29) is 29.4 Å². The van der Waals surface area contributed by atoms with Crippen LogP contribution in [-0.4, -0.2) is 21.0 Å². The first kappa shape index (κ1) is 16.7. The molecule has 0 saturated carbocycles. The van der Waals surface area contributed by atoms with Crippen molar-refractivity contribution in [1.29, 1.82) is 0 Å². The van der Waals surface area contributed by atoms with Crippen LogP contribution in [0, 0.1) is 13.8 Å². The number of rotatable bonds is 3. The fourth-order valence-electron chi connectivity index (χ4n) is 1.87. The number of carbonyl (C=O) groups excluding carboxylic acids is 1. The van der Waals surface area contributed by atoms with E-state index in [0.29, 0.717) is 5.56 Å². The Hall–Kier alpha value is -2.64. The summed E-state index contributed by atoms with van der Waals surface area (Å²) in [5.41, 5.74) is -0.0954. The van der Waals surface area contributed by atoms with Gasteiger partial charge in [0.05, 0.1) is 6.54 Å². The van der Waals surface area contributed by atoms with Gasteiger partial charge in [0.1, 0.15) is 17.3 Å². The number of alkyl halides is 3. The minimum Gasteiger partial charge on any atom is -0.508 e. The van der Waals surface area contributed by atoms with Crippen molar-refractivity contribution in [2.24, 2.45) is 0 Å². The number of aryl methyl sites for hydroxylation is 2. The van der Waals surface area contributed by atoms with Crippen molar-refractivity contribution in [1.82, 2.24) is 15.3 Å². The molecule has 0 aliphatic heterocycles. The van der Waals surface area contributed by atoms with Crippen molar-refractivity contribution in [3.05, 3.63) is 52.6 Å². The second-order valence-corrected chi connectivity index (χ2v) is 4.99. The summed E-state index contributed by atoms with van der Waals surface area (Å²) in [4.78, 5) is 19.2. The molecule has 0 aliphatic carbocycles. The Morgan fingerprint density at radius 2 is 1.91 bits per heavy atom. The molecule has 0 saturated heterocycles. The Morgan fingerprint density at radius 1 is 1.22 bits per heavy atom. The van der Waals surface area contributed by atoms with Crippen molar-refractivity contribution in [2.75, 3.05) is 0 Å². The van der Waals surface area contributed by atoms with Crippen LogP contribution in [0.1, 0.15) is 33.1 Å². The van der Waals surface area contributed by atoms with Gasteiger partial charge in [-0.1, -0.05) is 6.07 Å². The highest BCUT2D eigenvalue weighted by molar-refractivity contribution is 5.94. The van der Waals surface area contributed by atoms with Crippen LogP contribution in [0.3, 0.4) is 0 Å². The van der Waals surface area contributed by atoms with Crippen LogP contribution in [0.25, 0.3) is 0 Å². The molecule has 1 heterocycles. The average Bonchev–Trinajstić information content (AvgIpc) is 2.46. The summed E-state index contributed by atoms with van der Waals surface area (Å²) in [7, 11) is 0. The first-order chi connectivity index (χ1) is 10.7. The summed E-state index contributed by atoms with van der Waals surface area (Å²) in [6, 6.07) is 5.18. The lowest BCUT2D eigenvalue weighted by molar-refractivity contribution is -0.141. The third-order valence-electron chi connectivity index (χ3n) is 3.07. The Labute approximate surface area is 130 Å². The van der Waals surface area contributed by atoms with Crippen LogP contribution in [0.5, 0.6) is 5.75 Å². The Balaban J connectivity index is 2.12. The van der Waals surface area contributed by atoms with Gasteiger partial charge in [-0.25, -0.2) is 9.97 Å². The van der Waals surface area contributed by atoms with Gasteiger partial charge >= 0.3 is 6.18 Å². The number of carbonyl (C=O) groups is 1. The third kappa shape index (κ3) is 4.18. The van der Waals surface area contributed by atoms with Gasteiger partial charge in [-0.15, -0.1) is 0 Å². The third-order valence-corrected chi connectivity index (χ3v) is 3.07. The van der Waals surface area contributed by atoms with Crippen LogP contribution >= 0.6 is 0 Å². The number of phenols is 1. The number of hydrogen-bond acceptors (Lipinski definition) is 4. The van der Waals surface area contributed by atoms with Gasteiger partial charge in [0.15, 0.2) is 0 Å². The average molecular weight is 325 g/mol. The number of phenolic OH excluding ortho intramolecular Hbond substituents is 1. The zero-order valence-electron chi connectivity index (χ0n) is 12.4. The van der Waals surface area contributed by atoms with Gasteiger partial charge in [0.2, 0.25) is 0 Å². The van der Waals surface area contributed by atoms with Crippen molar-refractivity contribution in [3.8, 4) is 5.75 Å². The Morgan fingerprint density at radius 3 is 2.52 bits per heavy atom. The summed E-state index contributed by atoms with van der Waals surface area (Å²) in [6.07, 6.45) is -4.57. The molecule has 2 rings (SSSR count). The normalized spacial score (nSPS) is 11.3. The van der Waals surface area contributed by atoms with Crippen LogP contribution < -0.4 is 5.32 Å². The summed E-state index contributed by atoms with van der Waals surface area (Å²) in [5.74, 6) is -0.718. The molecule has 2 aromatic rings. The fraction of sp³-hybridized carbons (Fsp3) is 0.267. The number of halogens is 3. The van der Waals surface area contributed by atoms with Crippen molar-refractivity contribution >= 4 is 5.91 Å². The zero-order valence-corrected chi connectivity index (χ0v) is 12.4. The number of benzene rings is 1. The molecule has 2 N–H and O–H groups in total. The standard InChI is InChI=1S/C15H14F3N3O2/c1-8-3-4-10(6-11(8)22)14(23)19-7-13-20-9(2)5-12(21-13)15(16,17)18/h3-6,22H,7H2,1-2H3,(H,19,23). The summed E-state index contributed by atoms with van der Waals surface area (Å²) in [6.45, 7) is 2.84. The largest absolute Gasteiger partial charge is 0.508 e. The smallest absolute Gasteiger partial charge is 0.433 e. The number of aromatic nitrogens is 2. The van der Waals surface area contributed by atoms with Crippen LogP contribution in [0.4, 0.5) is 13.2 Å². The highest BCUT2D eigenvalue weighted by Gasteiger charge is 2.33.